The molecule has 1 atom stereocenters. The largest absolute Gasteiger partial charge is 0.376 e. The number of nitriles is 1. The van der Waals surface area contributed by atoms with Gasteiger partial charge < -0.3 is 10.1 Å². The number of guanidine groups is 1. The van der Waals surface area contributed by atoms with E-state index in [2.05, 4.69) is 15.6 Å². The maximum atomic E-state index is 8.35. The summed E-state index contributed by atoms with van der Waals surface area (Å²) in [6, 6.07) is 0. The average Bonchev–Trinajstić information content (AvgIpc) is 2.64. The van der Waals surface area contributed by atoms with Crippen molar-refractivity contribution in [3.8, 4) is 6.19 Å². The van der Waals surface area contributed by atoms with Gasteiger partial charge in [-0.25, -0.2) is 0 Å². The lowest BCUT2D eigenvalue weighted by atomic mass is 10.2. The number of nitrogens with zero attached hydrogens (tertiary/aromatic N) is 2. The van der Waals surface area contributed by atoms with E-state index in [1.165, 1.54) is 0 Å². The number of aliphatic imine (C=N–C) groups is 1. The monoisotopic (exact) mass is 182 g/mol. The van der Waals surface area contributed by atoms with Gasteiger partial charge in [-0.05, 0) is 12.8 Å². The lowest BCUT2D eigenvalue weighted by Crippen LogP contribution is -2.38. The molecule has 0 aromatic heterocycles. The summed E-state index contributed by atoms with van der Waals surface area (Å²) < 4.78 is 5.40. The highest BCUT2D eigenvalue weighted by Crippen LogP contribution is 2.10. The van der Waals surface area contributed by atoms with E-state index in [0.717, 1.165) is 19.4 Å². The topological polar surface area (TPSA) is 69.4 Å². The van der Waals surface area contributed by atoms with Gasteiger partial charge in [0.05, 0.1) is 6.10 Å². The Bertz CT molecular complexity index is 215. The van der Waals surface area contributed by atoms with Crippen LogP contribution in [0, 0.1) is 11.5 Å². The molecule has 1 heterocycles. The molecule has 0 aromatic carbocycles. The fourth-order valence-electron chi connectivity index (χ4n) is 1.25. The van der Waals surface area contributed by atoms with E-state index in [1.807, 2.05) is 6.19 Å². The summed E-state index contributed by atoms with van der Waals surface area (Å²) in [5.74, 6) is 0.498. The number of ether oxygens (including phenoxy) is 1. The molecule has 0 radical (unpaired) electrons. The number of nitrogens with one attached hydrogen (secondary N) is 2. The zero-order chi connectivity index (χ0) is 9.52. The van der Waals surface area contributed by atoms with E-state index in [-0.39, 0.29) is 6.10 Å². The number of rotatable bonds is 2. The summed E-state index contributed by atoms with van der Waals surface area (Å²) in [7, 11) is 1.63. The van der Waals surface area contributed by atoms with Crippen LogP contribution >= 0.6 is 0 Å². The van der Waals surface area contributed by atoms with Crippen molar-refractivity contribution in [2.75, 3.05) is 20.2 Å². The summed E-state index contributed by atoms with van der Waals surface area (Å²) in [4.78, 5) is 3.86. The molecule has 1 rings (SSSR count). The van der Waals surface area contributed by atoms with Crippen LogP contribution in [0.1, 0.15) is 12.8 Å². The summed E-state index contributed by atoms with van der Waals surface area (Å²) in [6.07, 6.45) is 4.27. The maximum Gasteiger partial charge on any atom is 0.204 e. The molecular weight excluding hydrogens is 168 g/mol. The predicted octanol–water partition coefficient (Wildman–Crippen LogP) is -0.189. The van der Waals surface area contributed by atoms with Gasteiger partial charge >= 0.3 is 0 Å². The van der Waals surface area contributed by atoms with Gasteiger partial charge in [0, 0.05) is 20.2 Å². The van der Waals surface area contributed by atoms with Gasteiger partial charge in [0.15, 0.2) is 6.19 Å². The second-order valence-electron chi connectivity index (χ2n) is 2.82. The first-order valence-electron chi connectivity index (χ1n) is 4.34. The minimum absolute atomic E-state index is 0.261. The van der Waals surface area contributed by atoms with Gasteiger partial charge in [0.1, 0.15) is 0 Å². The Morgan fingerprint density at radius 3 is 3.15 bits per heavy atom. The average molecular weight is 182 g/mol. The molecule has 0 bridgehead atoms. The van der Waals surface area contributed by atoms with Crippen molar-refractivity contribution in [3.05, 3.63) is 0 Å². The molecular formula is C8H14N4O. The first-order valence-corrected chi connectivity index (χ1v) is 4.34. The van der Waals surface area contributed by atoms with Crippen molar-refractivity contribution in [2.24, 2.45) is 4.99 Å². The van der Waals surface area contributed by atoms with Crippen molar-refractivity contribution in [3.63, 3.8) is 0 Å². The molecule has 72 valence electrons. The van der Waals surface area contributed by atoms with Gasteiger partial charge in [-0.15, -0.1) is 0 Å². The number of hydrogen-bond donors (Lipinski definition) is 2. The van der Waals surface area contributed by atoms with E-state index in [4.69, 9.17) is 10.00 Å². The first-order chi connectivity index (χ1) is 6.36. The Kier molecular flexibility index (Phi) is 4.06. The SMILES string of the molecule is CN=C(NC#N)NC[C@H]1CCCO1. The molecule has 1 aliphatic rings. The highest BCUT2D eigenvalue weighted by atomic mass is 16.5. The molecule has 0 aliphatic carbocycles. The third kappa shape index (κ3) is 3.30. The van der Waals surface area contributed by atoms with Gasteiger partial charge in [-0.2, -0.15) is 5.26 Å². The lowest BCUT2D eigenvalue weighted by molar-refractivity contribution is 0.114. The van der Waals surface area contributed by atoms with Crippen LogP contribution in [0.3, 0.4) is 0 Å². The van der Waals surface area contributed by atoms with E-state index in [1.54, 1.807) is 7.05 Å². The van der Waals surface area contributed by atoms with Crippen molar-refractivity contribution in [1.29, 1.82) is 5.26 Å². The Morgan fingerprint density at radius 1 is 1.77 bits per heavy atom. The summed E-state index contributed by atoms with van der Waals surface area (Å²) in [6.45, 7) is 1.55. The summed E-state index contributed by atoms with van der Waals surface area (Å²) in [5, 5.41) is 13.8. The summed E-state index contributed by atoms with van der Waals surface area (Å²) >= 11 is 0. The fraction of sp³-hybridized carbons (Fsp3) is 0.750. The third-order valence-corrected chi connectivity index (χ3v) is 1.92. The normalized spacial score (nSPS) is 22.5. The quantitative estimate of drug-likeness (QED) is 0.269. The van der Waals surface area contributed by atoms with E-state index < -0.39 is 0 Å². The molecule has 0 amide bonds. The minimum Gasteiger partial charge on any atom is -0.376 e. The van der Waals surface area contributed by atoms with E-state index >= 15 is 0 Å². The van der Waals surface area contributed by atoms with Crippen LogP contribution in [0.25, 0.3) is 0 Å². The predicted molar refractivity (Wildman–Crippen MR) is 49.1 cm³/mol. The molecule has 0 unspecified atom stereocenters. The molecule has 2 N–H and O–H groups in total. The van der Waals surface area contributed by atoms with Gasteiger partial charge in [0.2, 0.25) is 5.96 Å². The van der Waals surface area contributed by atoms with Crippen molar-refractivity contribution < 1.29 is 4.74 Å². The lowest BCUT2D eigenvalue weighted by Gasteiger charge is -2.11. The van der Waals surface area contributed by atoms with E-state index in [9.17, 15) is 0 Å². The Labute approximate surface area is 77.8 Å². The maximum absolute atomic E-state index is 8.35. The Morgan fingerprint density at radius 2 is 2.62 bits per heavy atom. The van der Waals surface area contributed by atoms with Gasteiger partial charge in [-0.3, -0.25) is 10.3 Å². The Hall–Kier alpha value is -1.28. The molecule has 1 fully saturated rings. The molecule has 1 saturated heterocycles. The van der Waals surface area contributed by atoms with Crippen LogP contribution in [0.4, 0.5) is 0 Å². The highest BCUT2D eigenvalue weighted by Gasteiger charge is 2.15. The fourth-order valence-corrected chi connectivity index (χ4v) is 1.25. The number of hydrogen-bond acceptors (Lipinski definition) is 3. The van der Waals surface area contributed by atoms with Crippen LogP contribution in [0.2, 0.25) is 0 Å². The third-order valence-electron chi connectivity index (χ3n) is 1.92. The van der Waals surface area contributed by atoms with Crippen molar-refractivity contribution in [1.82, 2.24) is 10.6 Å². The van der Waals surface area contributed by atoms with Crippen LogP contribution < -0.4 is 10.6 Å². The molecule has 1 aliphatic heterocycles. The molecule has 0 aromatic rings. The standard InChI is InChI=1S/C8H14N4O/c1-10-8(12-6-9)11-5-7-3-2-4-13-7/h7H,2-5H2,1H3,(H2,10,11,12)/t7-/m1/s1. The molecule has 5 nitrogen and oxygen atoms in total. The van der Waals surface area contributed by atoms with Gasteiger partial charge in [0.25, 0.3) is 0 Å². The second kappa shape index (κ2) is 5.38. The van der Waals surface area contributed by atoms with Gasteiger partial charge in [-0.1, -0.05) is 0 Å². The van der Waals surface area contributed by atoms with Crippen LogP contribution in [0.15, 0.2) is 4.99 Å². The van der Waals surface area contributed by atoms with Crippen LogP contribution in [-0.2, 0) is 4.74 Å². The van der Waals surface area contributed by atoms with Crippen molar-refractivity contribution >= 4 is 5.96 Å². The smallest absolute Gasteiger partial charge is 0.204 e. The Balaban J connectivity index is 2.20. The van der Waals surface area contributed by atoms with E-state index in [0.29, 0.717) is 12.5 Å². The molecule has 5 heteroatoms. The highest BCUT2D eigenvalue weighted by molar-refractivity contribution is 5.80. The molecule has 13 heavy (non-hydrogen) atoms. The summed E-state index contributed by atoms with van der Waals surface area (Å²) in [5.41, 5.74) is 0. The minimum atomic E-state index is 0.261. The zero-order valence-corrected chi connectivity index (χ0v) is 7.71. The van der Waals surface area contributed by atoms with Crippen LogP contribution in [-0.4, -0.2) is 32.3 Å². The second-order valence-corrected chi connectivity index (χ2v) is 2.82. The molecule has 0 saturated carbocycles. The first kappa shape index (κ1) is 9.81. The zero-order valence-electron chi connectivity index (χ0n) is 7.71. The molecule has 0 spiro atoms. The van der Waals surface area contributed by atoms with Crippen molar-refractivity contribution in [2.45, 2.75) is 18.9 Å². The van der Waals surface area contributed by atoms with Crippen LogP contribution in [0.5, 0.6) is 0 Å².